The maximum absolute atomic E-state index is 11.7. The number of likely N-dealkylation sites (N-methyl/N-ethyl adjacent to an activating group) is 1. The lowest BCUT2D eigenvalue weighted by Crippen LogP contribution is -2.14. The molecule has 0 unspecified atom stereocenters. The van der Waals surface area contributed by atoms with Gasteiger partial charge in [0.15, 0.2) is 0 Å². The lowest BCUT2D eigenvalue weighted by molar-refractivity contribution is -0.116. The van der Waals surface area contributed by atoms with Crippen molar-refractivity contribution in [2.45, 2.75) is 6.92 Å². The number of para-hydroxylation sites is 1. The predicted molar refractivity (Wildman–Crippen MR) is 102 cm³/mol. The number of rotatable bonds is 5. The molecule has 0 bridgehead atoms. The number of carbonyl (C=O) groups is 1. The number of hydrogen-bond acceptors (Lipinski definition) is 4. The van der Waals surface area contributed by atoms with Crippen molar-refractivity contribution >= 4 is 22.4 Å². The average molecular weight is 351 g/mol. The third-order valence-electron chi connectivity index (χ3n) is 4.31. The van der Waals surface area contributed by atoms with Crippen molar-refractivity contribution in [3.63, 3.8) is 0 Å². The highest BCUT2D eigenvalue weighted by Crippen LogP contribution is 2.40. The molecule has 0 spiro atoms. The molecule has 0 saturated heterocycles. The fourth-order valence-corrected chi connectivity index (χ4v) is 2.95. The van der Waals surface area contributed by atoms with E-state index in [1.54, 1.807) is 33.6 Å². The molecule has 0 fully saturated rings. The lowest BCUT2D eigenvalue weighted by Gasteiger charge is -2.10. The van der Waals surface area contributed by atoms with E-state index >= 15 is 0 Å². The highest BCUT2D eigenvalue weighted by atomic mass is 16.5. The van der Waals surface area contributed by atoms with E-state index in [2.05, 4.69) is 5.32 Å². The number of allylic oxidation sites excluding steroid dienone is 1. The van der Waals surface area contributed by atoms with Gasteiger partial charge < -0.3 is 19.2 Å². The van der Waals surface area contributed by atoms with Gasteiger partial charge in [0.2, 0.25) is 5.91 Å². The van der Waals surface area contributed by atoms with Gasteiger partial charge in [-0.3, -0.25) is 4.79 Å². The first-order chi connectivity index (χ1) is 12.6. The van der Waals surface area contributed by atoms with Crippen molar-refractivity contribution in [2.24, 2.45) is 0 Å². The van der Waals surface area contributed by atoms with Gasteiger partial charge in [0.25, 0.3) is 0 Å². The van der Waals surface area contributed by atoms with Crippen molar-refractivity contribution < 1.29 is 18.7 Å². The second-order valence-corrected chi connectivity index (χ2v) is 5.84. The van der Waals surface area contributed by atoms with E-state index in [1.165, 1.54) is 0 Å². The number of ether oxygens (including phenoxy) is 2. The van der Waals surface area contributed by atoms with Crippen LogP contribution in [0.3, 0.4) is 0 Å². The molecule has 0 atom stereocenters. The quantitative estimate of drug-likeness (QED) is 0.698. The summed E-state index contributed by atoms with van der Waals surface area (Å²) in [5.74, 6) is 1.25. The maximum Gasteiger partial charge on any atom is 0.244 e. The molecule has 1 aromatic heterocycles. The number of amides is 1. The first-order valence-corrected chi connectivity index (χ1v) is 8.22. The van der Waals surface area contributed by atoms with Gasteiger partial charge in [0.05, 0.1) is 20.5 Å². The van der Waals surface area contributed by atoms with Crippen molar-refractivity contribution in [2.75, 3.05) is 21.3 Å². The molecule has 5 heteroatoms. The normalized spacial score (nSPS) is 11.5. The number of methoxy groups -OCH3 is 2. The molecule has 3 rings (SSSR count). The summed E-state index contributed by atoms with van der Waals surface area (Å²) >= 11 is 0. The highest BCUT2D eigenvalue weighted by Gasteiger charge is 2.16. The topological polar surface area (TPSA) is 60.7 Å². The molecular weight excluding hydrogens is 330 g/mol. The lowest BCUT2D eigenvalue weighted by atomic mass is 9.99. The monoisotopic (exact) mass is 351 g/mol. The number of carbonyl (C=O) groups excluding carboxylic acids is 1. The van der Waals surface area contributed by atoms with Gasteiger partial charge in [-0.25, -0.2) is 0 Å². The van der Waals surface area contributed by atoms with Gasteiger partial charge in [0, 0.05) is 41.3 Å². The van der Waals surface area contributed by atoms with Crippen molar-refractivity contribution in [1.82, 2.24) is 5.32 Å². The zero-order valence-electron chi connectivity index (χ0n) is 15.3. The SMILES string of the molecule is CNC(=O)/C=C(\C)c1cc2c(-c3ccccc3OC)coc2cc1OC. The third kappa shape index (κ3) is 3.16. The van der Waals surface area contributed by atoms with E-state index in [4.69, 9.17) is 13.9 Å². The Hall–Kier alpha value is -3.21. The van der Waals surface area contributed by atoms with Gasteiger partial charge in [-0.05, 0) is 24.6 Å². The molecule has 26 heavy (non-hydrogen) atoms. The number of benzene rings is 2. The summed E-state index contributed by atoms with van der Waals surface area (Å²) in [5.41, 5.74) is 4.21. The van der Waals surface area contributed by atoms with Crippen LogP contribution >= 0.6 is 0 Å². The fourth-order valence-electron chi connectivity index (χ4n) is 2.95. The molecule has 1 amide bonds. The number of fused-ring (bicyclic) bond motifs is 1. The summed E-state index contributed by atoms with van der Waals surface area (Å²) < 4.78 is 16.7. The Morgan fingerprint density at radius 1 is 1.08 bits per heavy atom. The average Bonchev–Trinajstić information content (AvgIpc) is 3.09. The van der Waals surface area contributed by atoms with E-state index < -0.39 is 0 Å². The molecule has 1 heterocycles. The minimum absolute atomic E-state index is 0.165. The van der Waals surface area contributed by atoms with Gasteiger partial charge in [-0.2, -0.15) is 0 Å². The number of furan rings is 1. The second kappa shape index (κ2) is 7.35. The Morgan fingerprint density at radius 2 is 1.81 bits per heavy atom. The Labute approximate surface area is 152 Å². The minimum Gasteiger partial charge on any atom is -0.496 e. The van der Waals surface area contributed by atoms with Crippen molar-refractivity contribution in [3.05, 3.63) is 54.3 Å². The van der Waals surface area contributed by atoms with E-state index in [9.17, 15) is 4.79 Å². The summed E-state index contributed by atoms with van der Waals surface area (Å²) in [7, 11) is 4.84. The van der Waals surface area contributed by atoms with Crippen LogP contribution in [-0.4, -0.2) is 27.2 Å². The summed E-state index contributed by atoms with van der Waals surface area (Å²) in [5, 5.41) is 3.52. The van der Waals surface area contributed by atoms with Crippen LogP contribution < -0.4 is 14.8 Å². The first kappa shape index (κ1) is 17.6. The largest absolute Gasteiger partial charge is 0.496 e. The molecule has 0 saturated carbocycles. The summed E-state index contributed by atoms with van der Waals surface area (Å²) in [6.07, 6.45) is 3.26. The first-order valence-electron chi connectivity index (χ1n) is 8.22. The maximum atomic E-state index is 11.7. The predicted octanol–water partition coefficient (Wildman–Crippen LogP) is 4.27. The van der Waals surface area contributed by atoms with Gasteiger partial charge in [-0.15, -0.1) is 0 Å². The molecular formula is C21H21NO4. The third-order valence-corrected chi connectivity index (χ3v) is 4.31. The van der Waals surface area contributed by atoms with Crippen LogP contribution in [0.5, 0.6) is 11.5 Å². The Bertz CT molecular complexity index is 985. The molecule has 0 aliphatic heterocycles. The smallest absolute Gasteiger partial charge is 0.244 e. The zero-order chi connectivity index (χ0) is 18.7. The zero-order valence-corrected chi connectivity index (χ0v) is 15.3. The standard InChI is InChI=1S/C21H21NO4/c1-13(9-21(23)22-2)15-10-16-17(12-26-20(16)11-19(15)25-4)14-7-5-6-8-18(14)24-3/h5-12H,1-4H3,(H,22,23)/b13-9+. The fraction of sp³-hybridized carbons (Fsp3) is 0.190. The number of hydrogen-bond donors (Lipinski definition) is 1. The van der Waals surface area contributed by atoms with E-state index in [0.29, 0.717) is 11.3 Å². The molecule has 3 aromatic rings. The van der Waals surface area contributed by atoms with Crippen LogP contribution in [0.15, 0.2) is 53.2 Å². The van der Waals surface area contributed by atoms with Crippen LogP contribution in [0.25, 0.3) is 27.7 Å². The molecule has 134 valence electrons. The summed E-state index contributed by atoms with van der Waals surface area (Å²) in [6.45, 7) is 1.88. The summed E-state index contributed by atoms with van der Waals surface area (Å²) in [6, 6.07) is 11.6. The van der Waals surface area contributed by atoms with Crippen LogP contribution in [0.4, 0.5) is 0 Å². The van der Waals surface area contributed by atoms with Crippen molar-refractivity contribution in [1.29, 1.82) is 0 Å². The van der Waals surface area contributed by atoms with Crippen LogP contribution in [-0.2, 0) is 4.79 Å². The molecule has 1 N–H and O–H groups in total. The highest BCUT2D eigenvalue weighted by molar-refractivity contribution is 6.00. The second-order valence-electron chi connectivity index (χ2n) is 5.84. The van der Waals surface area contributed by atoms with Crippen LogP contribution in [0.1, 0.15) is 12.5 Å². The molecule has 5 nitrogen and oxygen atoms in total. The Balaban J connectivity index is 2.22. The van der Waals surface area contributed by atoms with Crippen LogP contribution in [0.2, 0.25) is 0 Å². The summed E-state index contributed by atoms with van der Waals surface area (Å²) in [4.78, 5) is 11.7. The Kier molecular flexibility index (Phi) is 4.98. The molecule has 0 aliphatic rings. The van der Waals surface area contributed by atoms with Gasteiger partial charge >= 0.3 is 0 Å². The van der Waals surface area contributed by atoms with E-state index in [0.717, 1.165) is 33.4 Å². The van der Waals surface area contributed by atoms with Gasteiger partial charge in [-0.1, -0.05) is 18.2 Å². The number of nitrogens with one attached hydrogen (secondary N) is 1. The molecule has 2 aromatic carbocycles. The molecule has 0 radical (unpaired) electrons. The van der Waals surface area contributed by atoms with Crippen molar-refractivity contribution in [3.8, 4) is 22.6 Å². The Morgan fingerprint density at radius 3 is 2.50 bits per heavy atom. The van der Waals surface area contributed by atoms with Crippen LogP contribution in [0, 0.1) is 0 Å². The van der Waals surface area contributed by atoms with Gasteiger partial charge in [0.1, 0.15) is 17.1 Å². The van der Waals surface area contributed by atoms with E-state index in [1.807, 2.05) is 43.3 Å². The minimum atomic E-state index is -0.165. The molecule has 0 aliphatic carbocycles. The van der Waals surface area contributed by atoms with E-state index in [-0.39, 0.29) is 5.91 Å².